The molecular formula is C12H25NO. The molecule has 1 rings (SSSR count). The smallest absolute Gasteiger partial charge is 0.0582 e. The highest BCUT2D eigenvalue weighted by Gasteiger charge is 2.32. The summed E-state index contributed by atoms with van der Waals surface area (Å²) in [6, 6.07) is 0.842. The van der Waals surface area contributed by atoms with Crippen molar-refractivity contribution in [3.8, 4) is 0 Å². The summed E-state index contributed by atoms with van der Waals surface area (Å²) >= 11 is 0. The molecule has 0 aromatic rings. The van der Waals surface area contributed by atoms with Gasteiger partial charge in [0.2, 0.25) is 0 Å². The molecule has 0 amide bonds. The molecule has 0 spiro atoms. The fourth-order valence-electron chi connectivity index (χ4n) is 2.61. The van der Waals surface area contributed by atoms with Crippen molar-refractivity contribution in [1.29, 1.82) is 0 Å². The summed E-state index contributed by atoms with van der Waals surface area (Å²) in [4.78, 5) is 0. The molecule has 2 nitrogen and oxygen atoms in total. The molecule has 84 valence electrons. The molecular weight excluding hydrogens is 174 g/mol. The van der Waals surface area contributed by atoms with E-state index in [9.17, 15) is 0 Å². The van der Waals surface area contributed by atoms with E-state index < -0.39 is 0 Å². The molecule has 0 bridgehead atoms. The van der Waals surface area contributed by atoms with Crippen molar-refractivity contribution < 1.29 is 5.11 Å². The lowest BCUT2D eigenvalue weighted by molar-refractivity contribution is 0.132. The lowest BCUT2D eigenvalue weighted by Crippen LogP contribution is -2.46. The van der Waals surface area contributed by atoms with Crippen molar-refractivity contribution in [3.05, 3.63) is 0 Å². The minimum absolute atomic E-state index is 0.240. The van der Waals surface area contributed by atoms with Crippen LogP contribution in [0.25, 0.3) is 0 Å². The van der Waals surface area contributed by atoms with Gasteiger partial charge in [-0.05, 0) is 37.5 Å². The van der Waals surface area contributed by atoms with Gasteiger partial charge in [-0.3, -0.25) is 0 Å². The normalized spacial score (nSPS) is 34.1. The van der Waals surface area contributed by atoms with Crippen LogP contribution in [0.2, 0.25) is 0 Å². The Morgan fingerprint density at radius 1 is 1.50 bits per heavy atom. The van der Waals surface area contributed by atoms with Gasteiger partial charge >= 0.3 is 0 Å². The van der Waals surface area contributed by atoms with Crippen LogP contribution in [0.3, 0.4) is 0 Å². The highest BCUT2D eigenvalue weighted by molar-refractivity contribution is 4.87. The van der Waals surface area contributed by atoms with Gasteiger partial charge in [-0.1, -0.05) is 20.8 Å². The molecule has 2 unspecified atom stereocenters. The second-order valence-electron chi connectivity index (χ2n) is 5.74. The van der Waals surface area contributed by atoms with Crippen molar-refractivity contribution >= 4 is 0 Å². The minimum atomic E-state index is 0.240. The second kappa shape index (κ2) is 4.63. The largest absolute Gasteiger partial charge is 0.395 e. The van der Waals surface area contributed by atoms with Crippen molar-refractivity contribution in [3.63, 3.8) is 0 Å². The Bertz CT molecular complexity index is 179. The van der Waals surface area contributed by atoms with Crippen LogP contribution in [-0.2, 0) is 0 Å². The van der Waals surface area contributed by atoms with Gasteiger partial charge in [0.1, 0.15) is 0 Å². The molecule has 0 heterocycles. The molecule has 1 fully saturated rings. The maximum absolute atomic E-state index is 8.99. The van der Waals surface area contributed by atoms with Crippen molar-refractivity contribution in [2.45, 2.75) is 59.0 Å². The molecule has 2 N–H and O–H groups in total. The fraction of sp³-hybridized carbons (Fsp3) is 1.00. The van der Waals surface area contributed by atoms with Crippen molar-refractivity contribution in [1.82, 2.24) is 5.32 Å². The number of hydrogen-bond donors (Lipinski definition) is 2. The Balaban J connectivity index is 2.42. The van der Waals surface area contributed by atoms with E-state index in [0.29, 0.717) is 11.5 Å². The number of nitrogens with one attached hydrogen (secondary N) is 1. The van der Waals surface area contributed by atoms with Gasteiger partial charge in [0.15, 0.2) is 0 Å². The molecule has 1 saturated carbocycles. The van der Waals surface area contributed by atoms with Gasteiger partial charge in [0.05, 0.1) is 6.61 Å². The first-order chi connectivity index (χ1) is 6.44. The van der Waals surface area contributed by atoms with Crippen LogP contribution in [0.4, 0.5) is 0 Å². The lowest BCUT2D eigenvalue weighted by Gasteiger charge is -2.40. The fourth-order valence-corrected chi connectivity index (χ4v) is 2.61. The molecule has 1 aliphatic carbocycles. The zero-order chi connectivity index (χ0) is 10.8. The van der Waals surface area contributed by atoms with E-state index in [1.165, 1.54) is 19.3 Å². The zero-order valence-corrected chi connectivity index (χ0v) is 10.0. The number of aliphatic hydroxyl groups is 1. The molecule has 14 heavy (non-hydrogen) atoms. The predicted octanol–water partition coefficient (Wildman–Crippen LogP) is 2.17. The van der Waals surface area contributed by atoms with Crippen LogP contribution >= 0.6 is 0 Å². The molecule has 2 heteroatoms. The number of rotatable bonds is 3. The Hall–Kier alpha value is -0.0800. The summed E-state index contributed by atoms with van der Waals surface area (Å²) in [5.41, 5.74) is 0.514. The standard InChI is InChI=1S/C12H25NO/c1-9-7-12(3,4)6-5-11(9)13-10(2)8-14/h9-11,13-14H,5-8H2,1-4H3/t9?,10-,11?/m0/s1. The molecule has 0 aromatic carbocycles. The number of hydrogen-bond acceptors (Lipinski definition) is 2. The van der Waals surface area contributed by atoms with Gasteiger partial charge < -0.3 is 10.4 Å². The molecule has 0 saturated heterocycles. The van der Waals surface area contributed by atoms with Crippen LogP contribution in [0.5, 0.6) is 0 Å². The van der Waals surface area contributed by atoms with Crippen LogP contribution in [0.1, 0.15) is 47.0 Å². The third-order valence-corrected chi connectivity index (χ3v) is 3.47. The average Bonchev–Trinajstić information content (AvgIpc) is 2.09. The Kier molecular flexibility index (Phi) is 3.96. The molecule has 1 aliphatic rings. The number of aliphatic hydroxyl groups excluding tert-OH is 1. The first-order valence-electron chi connectivity index (χ1n) is 5.81. The van der Waals surface area contributed by atoms with Crippen LogP contribution in [-0.4, -0.2) is 23.8 Å². The SMILES string of the molecule is CC1CC(C)(C)CCC1N[C@@H](C)CO. The summed E-state index contributed by atoms with van der Waals surface area (Å²) in [6.45, 7) is 9.33. The van der Waals surface area contributed by atoms with Crippen LogP contribution < -0.4 is 5.32 Å². The van der Waals surface area contributed by atoms with E-state index in [4.69, 9.17) is 5.11 Å². The summed E-state index contributed by atoms with van der Waals surface area (Å²) in [6.07, 6.45) is 3.84. The molecule has 0 radical (unpaired) electrons. The topological polar surface area (TPSA) is 32.3 Å². The molecule has 0 aliphatic heterocycles. The van der Waals surface area contributed by atoms with Gasteiger partial charge in [-0.25, -0.2) is 0 Å². The van der Waals surface area contributed by atoms with Gasteiger partial charge in [0.25, 0.3) is 0 Å². The van der Waals surface area contributed by atoms with E-state index in [-0.39, 0.29) is 12.6 Å². The molecule has 0 aromatic heterocycles. The summed E-state index contributed by atoms with van der Waals surface area (Å²) in [5.74, 6) is 0.729. The van der Waals surface area contributed by atoms with Crippen molar-refractivity contribution in [2.75, 3.05) is 6.61 Å². The minimum Gasteiger partial charge on any atom is -0.395 e. The van der Waals surface area contributed by atoms with E-state index in [0.717, 1.165) is 5.92 Å². The zero-order valence-electron chi connectivity index (χ0n) is 10.0. The third-order valence-electron chi connectivity index (χ3n) is 3.47. The monoisotopic (exact) mass is 199 g/mol. The van der Waals surface area contributed by atoms with Gasteiger partial charge in [-0.15, -0.1) is 0 Å². The summed E-state index contributed by atoms with van der Waals surface area (Å²) < 4.78 is 0. The summed E-state index contributed by atoms with van der Waals surface area (Å²) in [7, 11) is 0. The lowest BCUT2D eigenvalue weighted by atomic mass is 9.70. The predicted molar refractivity (Wildman–Crippen MR) is 60.3 cm³/mol. The second-order valence-corrected chi connectivity index (χ2v) is 5.74. The Morgan fingerprint density at radius 2 is 2.14 bits per heavy atom. The first kappa shape index (κ1) is 12.0. The highest BCUT2D eigenvalue weighted by Crippen LogP contribution is 2.38. The Morgan fingerprint density at radius 3 is 2.64 bits per heavy atom. The summed E-state index contributed by atoms with van der Waals surface area (Å²) in [5, 5.41) is 12.5. The highest BCUT2D eigenvalue weighted by atomic mass is 16.3. The van der Waals surface area contributed by atoms with Crippen molar-refractivity contribution in [2.24, 2.45) is 11.3 Å². The van der Waals surface area contributed by atoms with E-state index >= 15 is 0 Å². The average molecular weight is 199 g/mol. The Labute approximate surface area is 88.1 Å². The van der Waals surface area contributed by atoms with Crippen LogP contribution in [0, 0.1) is 11.3 Å². The van der Waals surface area contributed by atoms with Crippen LogP contribution in [0.15, 0.2) is 0 Å². The van der Waals surface area contributed by atoms with E-state index in [1.807, 2.05) is 6.92 Å². The van der Waals surface area contributed by atoms with E-state index in [2.05, 4.69) is 26.1 Å². The van der Waals surface area contributed by atoms with Gasteiger partial charge in [0, 0.05) is 12.1 Å². The first-order valence-corrected chi connectivity index (χ1v) is 5.81. The third kappa shape index (κ3) is 3.25. The van der Waals surface area contributed by atoms with Gasteiger partial charge in [-0.2, -0.15) is 0 Å². The maximum Gasteiger partial charge on any atom is 0.0582 e. The van der Waals surface area contributed by atoms with E-state index in [1.54, 1.807) is 0 Å². The quantitative estimate of drug-likeness (QED) is 0.730. The maximum atomic E-state index is 8.99. The molecule has 3 atom stereocenters.